The molecule has 1 unspecified atom stereocenters. The lowest BCUT2D eigenvalue weighted by Gasteiger charge is -2.14. The minimum Gasteiger partial charge on any atom is -0.350 e. The van der Waals surface area contributed by atoms with E-state index < -0.39 is 0 Å². The zero-order chi connectivity index (χ0) is 13.5. The second kappa shape index (κ2) is 7.85. The summed E-state index contributed by atoms with van der Waals surface area (Å²) in [6.45, 7) is 6.19. The van der Waals surface area contributed by atoms with Gasteiger partial charge in [0.05, 0.1) is 0 Å². The molecule has 0 saturated carbocycles. The highest BCUT2D eigenvalue weighted by Crippen LogP contribution is 2.15. The molecule has 0 spiro atoms. The Labute approximate surface area is 122 Å². The molecule has 4 heteroatoms. The van der Waals surface area contributed by atoms with Crippen LogP contribution in [0.1, 0.15) is 36.2 Å². The van der Waals surface area contributed by atoms with Gasteiger partial charge in [-0.3, -0.25) is 4.79 Å². The zero-order valence-electron chi connectivity index (χ0n) is 11.1. The van der Waals surface area contributed by atoms with Gasteiger partial charge in [0.2, 0.25) is 0 Å². The van der Waals surface area contributed by atoms with Crippen molar-refractivity contribution in [1.82, 2.24) is 5.32 Å². The second-order valence-corrected chi connectivity index (χ2v) is 6.69. The Bertz CT molecular complexity index is 389. The largest absolute Gasteiger partial charge is 0.350 e. The van der Waals surface area contributed by atoms with Gasteiger partial charge in [0.15, 0.2) is 0 Å². The molecule has 0 aliphatic rings. The Morgan fingerprint density at radius 1 is 1.44 bits per heavy atom. The first-order valence-corrected chi connectivity index (χ1v) is 8.13. The fourth-order valence-corrected chi connectivity index (χ4v) is 3.07. The lowest BCUT2D eigenvalue weighted by molar-refractivity contribution is 0.0939. The SMILES string of the molecule is CCSCCC(C)NC(=O)c1cc(C)cc(Br)c1. The summed E-state index contributed by atoms with van der Waals surface area (Å²) in [5.41, 5.74) is 1.81. The first kappa shape index (κ1) is 15.6. The lowest BCUT2D eigenvalue weighted by Crippen LogP contribution is -2.33. The van der Waals surface area contributed by atoms with Gasteiger partial charge in [-0.2, -0.15) is 11.8 Å². The standard InChI is InChI=1S/C14H20BrNOS/c1-4-18-6-5-11(3)16-14(17)12-7-10(2)8-13(15)9-12/h7-9,11H,4-6H2,1-3H3,(H,16,17). The highest BCUT2D eigenvalue weighted by Gasteiger charge is 2.10. The predicted molar refractivity (Wildman–Crippen MR) is 83.4 cm³/mol. The van der Waals surface area contributed by atoms with Crippen molar-refractivity contribution < 1.29 is 4.79 Å². The van der Waals surface area contributed by atoms with Crippen LogP contribution in [0.5, 0.6) is 0 Å². The third-order valence-corrected chi connectivity index (χ3v) is 3.97. The first-order valence-electron chi connectivity index (χ1n) is 6.18. The van der Waals surface area contributed by atoms with Crippen LogP contribution in [0, 0.1) is 6.92 Å². The Balaban J connectivity index is 2.54. The van der Waals surface area contributed by atoms with Crippen molar-refractivity contribution in [3.8, 4) is 0 Å². The molecular formula is C14H20BrNOS. The maximum Gasteiger partial charge on any atom is 0.251 e. The van der Waals surface area contributed by atoms with Crippen molar-refractivity contribution in [2.24, 2.45) is 0 Å². The molecule has 0 radical (unpaired) electrons. The molecule has 0 saturated heterocycles. The van der Waals surface area contributed by atoms with E-state index in [1.165, 1.54) is 0 Å². The number of aryl methyl sites for hydroxylation is 1. The van der Waals surface area contributed by atoms with Gasteiger partial charge in [0.1, 0.15) is 0 Å². The third kappa shape index (κ3) is 5.44. The van der Waals surface area contributed by atoms with Gasteiger partial charge in [-0.15, -0.1) is 0 Å². The summed E-state index contributed by atoms with van der Waals surface area (Å²) < 4.78 is 0.946. The van der Waals surface area contributed by atoms with Crippen LogP contribution in [0.4, 0.5) is 0 Å². The normalized spacial score (nSPS) is 12.2. The predicted octanol–water partition coefficient (Wildman–Crippen LogP) is 4.02. The van der Waals surface area contributed by atoms with Crippen molar-refractivity contribution in [2.45, 2.75) is 33.2 Å². The molecule has 1 N–H and O–H groups in total. The molecule has 0 heterocycles. The van der Waals surface area contributed by atoms with E-state index in [2.05, 4.69) is 35.1 Å². The van der Waals surface area contributed by atoms with E-state index in [1.54, 1.807) is 0 Å². The summed E-state index contributed by atoms with van der Waals surface area (Å²) >= 11 is 5.32. The third-order valence-electron chi connectivity index (χ3n) is 2.58. The Hall–Kier alpha value is -0.480. The molecule has 1 rings (SSSR count). The van der Waals surface area contributed by atoms with Gasteiger partial charge >= 0.3 is 0 Å². The molecule has 0 fully saturated rings. The molecule has 1 aromatic rings. The average Bonchev–Trinajstić information content (AvgIpc) is 2.28. The molecule has 2 nitrogen and oxygen atoms in total. The maximum absolute atomic E-state index is 12.1. The van der Waals surface area contributed by atoms with Gasteiger partial charge < -0.3 is 5.32 Å². The Morgan fingerprint density at radius 3 is 2.78 bits per heavy atom. The molecule has 1 atom stereocenters. The molecule has 0 bridgehead atoms. The van der Waals surface area contributed by atoms with Crippen LogP contribution in [0.15, 0.2) is 22.7 Å². The van der Waals surface area contributed by atoms with Gasteiger partial charge in [0, 0.05) is 16.1 Å². The van der Waals surface area contributed by atoms with Crippen molar-refractivity contribution in [2.75, 3.05) is 11.5 Å². The summed E-state index contributed by atoms with van der Waals surface area (Å²) in [6.07, 6.45) is 1.01. The zero-order valence-corrected chi connectivity index (χ0v) is 13.5. The number of amides is 1. The molecule has 0 aliphatic carbocycles. The maximum atomic E-state index is 12.1. The number of hydrogen-bond donors (Lipinski definition) is 1. The minimum absolute atomic E-state index is 0.00778. The van der Waals surface area contributed by atoms with Gasteiger partial charge in [-0.05, 0) is 55.5 Å². The molecule has 0 aliphatic heterocycles. The Kier molecular flexibility index (Phi) is 6.79. The van der Waals surface area contributed by atoms with Crippen molar-refractivity contribution in [3.63, 3.8) is 0 Å². The number of rotatable bonds is 6. The average molecular weight is 330 g/mol. The fraction of sp³-hybridized carbons (Fsp3) is 0.500. The lowest BCUT2D eigenvalue weighted by atomic mass is 10.1. The molecular weight excluding hydrogens is 310 g/mol. The number of nitrogens with one attached hydrogen (secondary N) is 1. The van der Waals surface area contributed by atoms with E-state index in [4.69, 9.17) is 0 Å². The van der Waals surface area contributed by atoms with Crippen LogP contribution in [0.2, 0.25) is 0 Å². The van der Waals surface area contributed by atoms with Crippen molar-refractivity contribution in [3.05, 3.63) is 33.8 Å². The van der Waals surface area contributed by atoms with E-state index in [0.29, 0.717) is 0 Å². The molecule has 100 valence electrons. The van der Waals surface area contributed by atoms with Crippen molar-refractivity contribution >= 4 is 33.6 Å². The summed E-state index contributed by atoms with van der Waals surface area (Å²) in [5, 5.41) is 3.04. The van der Waals surface area contributed by atoms with Crippen molar-refractivity contribution in [1.29, 1.82) is 0 Å². The van der Waals surface area contributed by atoms with Crippen LogP contribution >= 0.6 is 27.7 Å². The van der Waals surface area contributed by atoms with E-state index >= 15 is 0 Å². The Morgan fingerprint density at radius 2 is 2.17 bits per heavy atom. The molecule has 1 amide bonds. The molecule has 1 aromatic carbocycles. The van der Waals surface area contributed by atoms with Gasteiger partial charge in [-0.25, -0.2) is 0 Å². The van der Waals surface area contributed by atoms with Crippen LogP contribution in [0.25, 0.3) is 0 Å². The van der Waals surface area contributed by atoms with Gasteiger partial charge in [0.25, 0.3) is 5.91 Å². The number of carbonyl (C=O) groups is 1. The molecule has 0 aromatic heterocycles. The monoisotopic (exact) mass is 329 g/mol. The van der Waals surface area contributed by atoms with Crippen LogP contribution < -0.4 is 5.32 Å². The number of benzene rings is 1. The topological polar surface area (TPSA) is 29.1 Å². The summed E-state index contributed by atoms with van der Waals surface area (Å²) in [5.74, 6) is 2.23. The summed E-state index contributed by atoms with van der Waals surface area (Å²) in [7, 11) is 0. The van der Waals surface area contributed by atoms with E-state index in [9.17, 15) is 4.79 Å². The second-order valence-electron chi connectivity index (χ2n) is 4.38. The number of carbonyl (C=O) groups excluding carboxylic acids is 1. The van der Waals surface area contributed by atoms with Crippen LogP contribution in [-0.2, 0) is 0 Å². The fourth-order valence-electron chi connectivity index (χ4n) is 1.65. The van der Waals surface area contributed by atoms with E-state index in [-0.39, 0.29) is 11.9 Å². The number of thioether (sulfide) groups is 1. The van der Waals surface area contributed by atoms with E-state index in [0.717, 1.165) is 33.5 Å². The summed E-state index contributed by atoms with van der Waals surface area (Å²) in [6, 6.07) is 5.98. The first-order chi connectivity index (χ1) is 8.52. The number of hydrogen-bond acceptors (Lipinski definition) is 2. The quantitative estimate of drug-likeness (QED) is 0.798. The van der Waals surface area contributed by atoms with Crippen LogP contribution in [-0.4, -0.2) is 23.5 Å². The molecule has 18 heavy (non-hydrogen) atoms. The summed E-state index contributed by atoms with van der Waals surface area (Å²) in [4.78, 5) is 12.1. The highest BCUT2D eigenvalue weighted by molar-refractivity contribution is 9.10. The highest BCUT2D eigenvalue weighted by atomic mass is 79.9. The van der Waals surface area contributed by atoms with E-state index in [1.807, 2.05) is 36.9 Å². The number of halogens is 1. The minimum atomic E-state index is 0.00778. The van der Waals surface area contributed by atoms with Gasteiger partial charge in [-0.1, -0.05) is 22.9 Å². The smallest absolute Gasteiger partial charge is 0.251 e. The van der Waals surface area contributed by atoms with Crippen LogP contribution in [0.3, 0.4) is 0 Å².